The molecular formula is C26H33N5S. The van der Waals surface area contributed by atoms with Gasteiger partial charge in [-0.3, -0.25) is 0 Å². The van der Waals surface area contributed by atoms with E-state index in [-0.39, 0.29) is 6.04 Å². The molecule has 3 aromatic rings. The molecule has 0 spiro atoms. The van der Waals surface area contributed by atoms with Gasteiger partial charge in [0.05, 0.1) is 11.6 Å². The van der Waals surface area contributed by atoms with E-state index in [1.54, 1.807) is 11.3 Å². The minimum Gasteiger partial charge on any atom is -0.362 e. The lowest BCUT2D eigenvalue weighted by Crippen LogP contribution is -2.20. The van der Waals surface area contributed by atoms with E-state index < -0.39 is 0 Å². The van der Waals surface area contributed by atoms with Gasteiger partial charge in [-0.25, -0.2) is 4.98 Å². The molecule has 1 fully saturated rings. The van der Waals surface area contributed by atoms with Crippen molar-refractivity contribution < 1.29 is 0 Å². The number of anilines is 2. The van der Waals surface area contributed by atoms with Gasteiger partial charge in [0.1, 0.15) is 5.82 Å². The molecule has 2 aromatic heterocycles. The molecule has 2 aliphatic rings. The number of nitrogens with one attached hydrogen (secondary N) is 3. The first kappa shape index (κ1) is 21.4. The van der Waals surface area contributed by atoms with Crippen molar-refractivity contribution >= 4 is 39.6 Å². The summed E-state index contributed by atoms with van der Waals surface area (Å²) in [4.78, 5) is 11.3. The molecule has 0 radical (unpaired) electrons. The zero-order valence-corrected chi connectivity index (χ0v) is 19.7. The van der Waals surface area contributed by atoms with Crippen LogP contribution in [0.3, 0.4) is 0 Å². The SMILES string of the molecule is C[C@@H](Nc1nc(NCC2CCCCC2)nc2c(C3=CCNCC3)cccc12)c1cccs1. The van der Waals surface area contributed by atoms with Crippen LogP contribution in [-0.4, -0.2) is 29.6 Å². The van der Waals surface area contributed by atoms with Crippen LogP contribution in [0.2, 0.25) is 0 Å². The van der Waals surface area contributed by atoms with Gasteiger partial charge in [0, 0.05) is 28.9 Å². The van der Waals surface area contributed by atoms with Crippen LogP contribution in [0, 0.1) is 5.92 Å². The molecule has 0 bridgehead atoms. The van der Waals surface area contributed by atoms with Crippen molar-refractivity contribution in [2.45, 2.75) is 51.5 Å². The predicted molar refractivity (Wildman–Crippen MR) is 136 cm³/mol. The summed E-state index contributed by atoms with van der Waals surface area (Å²) in [6.07, 6.45) is 10.0. The van der Waals surface area contributed by atoms with E-state index in [4.69, 9.17) is 9.97 Å². The number of nitrogens with zero attached hydrogens (tertiary/aromatic N) is 2. The first-order valence-corrected chi connectivity index (χ1v) is 12.9. The second-order valence-electron chi connectivity index (χ2n) is 9.05. The van der Waals surface area contributed by atoms with Gasteiger partial charge in [-0.15, -0.1) is 11.3 Å². The molecule has 5 nitrogen and oxygen atoms in total. The van der Waals surface area contributed by atoms with E-state index >= 15 is 0 Å². The summed E-state index contributed by atoms with van der Waals surface area (Å²) >= 11 is 1.78. The summed E-state index contributed by atoms with van der Waals surface area (Å²) in [7, 11) is 0. The molecule has 5 rings (SSSR count). The van der Waals surface area contributed by atoms with E-state index in [9.17, 15) is 0 Å². The molecule has 1 saturated carbocycles. The molecule has 1 aliphatic heterocycles. The topological polar surface area (TPSA) is 61.9 Å². The van der Waals surface area contributed by atoms with Crippen molar-refractivity contribution in [2.75, 3.05) is 30.3 Å². The molecule has 6 heteroatoms. The van der Waals surface area contributed by atoms with Crippen LogP contribution in [-0.2, 0) is 0 Å². The number of rotatable bonds is 7. The van der Waals surface area contributed by atoms with Crippen LogP contribution in [0.25, 0.3) is 16.5 Å². The van der Waals surface area contributed by atoms with Gasteiger partial charge in [0.2, 0.25) is 5.95 Å². The third kappa shape index (κ3) is 4.81. The maximum Gasteiger partial charge on any atom is 0.225 e. The number of thiophene rings is 1. The largest absolute Gasteiger partial charge is 0.362 e. The lowest BCUT2D eigenvalue weighted by Gasteiger charge is -2.23. The van der Waals surface area contributed by atoms with Crippen molar-refractivity contribution in [3.8, 4) is 0 Å². The first-order chi connectivity index (χ1) is 15.8. The molecule has 3 heterocycles. The minimum atomic E-state index is 0.195. The van der Waals surface area contributed by atoms with Gasteiger partial charge < -0.3 is 16.0 Å². The lowest BCUT2D eigenvalue weighted by molar-refractivity contribution is 0.373. The van der Waals surface area contributed by atoms with E-state index in [1.807, 2.05) is 0 Å². The zero-order valence-electron chi connectivity index (χ0n) is 18.9. The maximum absolute atomic E-state index is 5.04. The molecule has 1 aromatic carbocycles. The highest BCUT2D eigenvalue weighted by atomic mass is 32.1. The summed E-state index contributed by atoms with van der Waals surface area (Å²) < 4.78 is 0. The Labute approximate surface area is 194 Å². The van der Waals surface area contributed by atoms with Crippen LogP contribution in [0.4, 0.5) is 11.8 Å². The number of para-hydroxylation sites is 1. The number of fused-ring (bicyclic) bond motifs is 1. The van der Waals surface area contributed by atoms with Gasteiger partial charge in [0.25, 0.3) is 0 Å². The molecule has 32 heavy (non-hydrogen) atoms. The quantitative estimate of drug-likeness (QED) is 0.400. The molecule has 1 atom stereocenters. The number of benzene rings is 1. The fraction of sp³-hybridized carbons (Fsp3) is 0.462. The van der Waals surface area contributed by atoms with Crippen molar-refractivity contribution in [3.05, 3.63) is 52.2 Å². The normalized spacial score (nSPS) is 18.3. The number of aromatic nitrogens is 2. The molecule has 1 aliphatic carbocycles. The Morgan fingerprint density at radius 2 is 2.03 bits per heavy atom. The standard InChI is InChI=1S/C26H33N5S/c1-18(23-11-6-16-32-23)29-25-22-10-5-9-21(20-12-14-27-15-13-20)24(22)30-26(31-25)28-17-19-7-3-2-4-8-19/h5-6,9-12,16,18-19,27H,2-4,7-8,13-15,17H2,1H3,(H2,28,29,30,31)/t18-/m1/s1. The fourth-order valence-electron chi connectivity index (χ4n) is 4.91. The highest BCUT2D eigenvalue weighted by molar-refractivity contribution is 7.10. The monoisotopic (exact) mass is 447 g/mol. The minimum absolute atomic E-state index is 0.195. The fourth-order valence-corrected chi connectivity index (χ4v) is 5.64. The first-order valence-electron chi connectivity index (χ1n) is 12.0. The van der Waals surface area contributed by atoms with Crippen molar-refractivity contribution in [2.24, 2.45) is 5.92 Å². The molecule has 0 saturated heterocycles. The van der Waals surface area contributed by atoms with Crippen molar-refractivity contribution in [1.29, 1.82) is 0 Å². The third-order valence-electron chi connectivity index (χ3n) is 6.73. The Hall–Kier alpha value is -2.44. The molecule has 0 unspecified atom stereocenters. The molecular weight excluding hydrogens is 414 g/mol. The number of hydrogen-bond acceptors (Lipinski definition) is 6. The Morgan fingerprint density at radius 1 is 1.12 bits per heavy atom. The Morgan fingerprint density at radius 3 is 2.81 bits per heavy atom. The van der Waals surface area contributed by atoms with Gasteiger partial charge in [-0.05, 0) is 61.7 Å². The average molecular weight is 448 g/mol. The summed E-state index contributed by atoms with van der Waals surface area (Å²) in [5.41, 5.74) is 3.66. The van der Waals surface area contributed by atoms with Gasteiger partial charge in [0.15, 0.2) is 0 Å². The summed E-state index contributed by atoms with van der Waals surface area (Å²) in [5.74, 6) is 2.39. The van der Waals surface area contributed by atoms with Crippen LogP contribution in [0.5, 0.6) is 0 Å². The third-order valence-corrected chi connectivity index (χ3v) is 7.79. The molecule has 0 amide bonds. The van der Waals surface area contributed by atoms with Gasteiger partial charge in [-0.1, -0.05) is 43.5 Å². The smallest absolute Gasteiger partial charge is 0.225 e. The summed E-state index contributed by atoms with van der Waals surface area (Å²) in [6.45, 7) is 5.10. The maximum atomic E-state index is 5.04. The van der Waals surface area contributed by atoms with E-state index in [0.29, 0.717) is 0 Å². The molecule has 3 N–H and O–H groups in total. The number of hydrogen-bond donors (Lipinski definition) is 3. The van der Waals surface area contributed by atoms with E-state index in [0.717, 1.165) is 54.6 Å². The van der Waals surface area contributed by atoms with Crippen molar-refractivity contribution in [1.82, 2.24) is 15.3 Å². The summed E-state index contributed by atoms with van der Waals surface area (Å²) in [6, 6.07) is 11.0. The second kappa shape index (κ2) is 10.0. The van der Waals surface area contributed by atoms with Gasteiger partial charge >= 0.3 is 0 Å². The van der Waals surface area contributed by atoms with Crippen LogP contribution in [0.15, 0.2) is 41.8 Å². The summed E-state index contributed by atoms with van der Waals surface area (Å²) in [5, 5.41) is 13.9. The Kier molecular flexibility index (Phi) is 6.69. The van der Waals surface area contributed by atoms with Crippen LogP contribution < -0.4 is 16.0 Å². The zero-order chi connectivity index (χ0) is 21.8. The van der Waals surface area contributed by atoms with Crippen molar-refractivity contribution in [3.63, 3.8) is 0 Å². The lowest BCUT2D eigenvalue weighted by atomic mass is 9.89. The van der Waals surface area contributed by atoms with E-state index in [2.05, 4.69) is 64.7 Å². The highest BCUT2D eigenvalue weighted by Crippen LogP contribution is 2.33. The van der Waals surface area contributed by atoms with Crippen LogP contribution >= 0.6 is 11.3 Å². The Bertz CT molecular complexity index is 1070. The Balaban J connectivity index is 1.51. The second-order valence-corrected chi connectivity index (χ2v) is 10.0. The van der Waals surface area contributed by atoms with Crippen LogP contribution in [0.1, 0.15) is 61.9 Å². The molecule has 168 valence electrons. The van der Waals surface area contributed by atoms with E-state index in [1.165, 1.54) is 48.1 Å². The van der Waals surface area contributed by atoms with Gasteiger partial charge in [-0.2, -0.15) is 4.98 Å². The highest BCUT2D eigenvalue weighted by Gasteiger charge is 2.18. The average Bonchev–Trinajstić information content (AvgIpc) is 3.39. The predicted octanol–water partition coefficient (Wildman–Crippen LogP) is 6.23.